The molecule has 106 valence electrons. The molecular formula is C19H20N2. The Balaban J connectivity index is 2.14. The van der Waals surface area contributed by atoms with E-state index in [4.69, 9.17) is 0 Å². The van der Waals surface area contributed by atoms with E-state index in [0.29, 0.717) is 0 Å². The highest BCUT2D eigenvalue weighted by molar-refractivity contribution is 5.72. The Morgan fingerprint density at radius 3 is 2.57 bits per heavy atom. The van der Waals surface area contributed by atoms with E-state index < -0.39 is 0 Å². The fourth-order valence-electron chi connectivity index (χ4n) is 3.00. The van der Waals surface area contributed by atoms with E-state index in [1.165, 1.54) is 28.0 Å². The highest BCUT2D eigenvalue weighted by Crippen LogP contribution is 2.26. The van der Waals surface area contributed by atoms with Gasteiger partial charge < -0.3 is 0 Å². The van der Waals surface area contributed by atoms with Crippen LogP contribution >= 0.6 is 0 Å². The van der Waals surface area contributed by atoms with Crippen LogP contribution in [0.15, 0.2) is 54.9 Å². The summed E-state index contributed by atoms with van der Waals surface area (Å²) < 4.78 is 2.20. The molecule has 2 nitrogen and oxygen atoms in total. The summed E-state index contributed by atoms with van der Waals surface area (Å²) in [7, 11) is 0. The predicted octanol–water partition coefficient (Wildman–Crippen LogP) is 4.70. The zero-order valence-electron chi connectivity index (χ0n) is 12.8. The van der Waals surface area contributed by atoms with Gasteiger partial charge in [-0.25, -0.2) is 4.98 Å². The first-order chi connectivity index (χ1) is 10.2. The minimum Gasteiger partial charge on any atom is -0.299 e. The van der Waals surface area contributed by atoms with Crippen LogP contribution in [0.3, 0.4) is 0 Å². The van der Waals surface area contributed by atoms with Crippen LogP contribution in [0, 0.1) is 20.8 Å². The lowest BCUT2D eigenvalue weighted by atomic mass is 10.0. The van der Waals surface area contributed by atoms with Crippen LogP contribution in [0.1, 0.15) is 28.9 Å². The summed E-state index contributed by atoms with van der Waals surface area (Å²) in [6.45, 7) is 6.47. The summed E-state index contributed by atoms with van der Waals surface area (Å²) in [6.07, 6.45) is 15.5. The zero-order chi connectivity index (χ0) is 14.8. The van der Waals surface area contributed by atoms with E-state index in [9.17, 15) is 0 Å². The van der Waals surface area contributed by atoms with Gasteiger partial charge in [-0.2, -0.15) is 0 Å². The summed E-state index contributed by atoms with van der Waals surface area (Å²) in [5, 5.41) is 0. The van der Waals surface area contributed by atoms with Crippen LogP contribution in [0.4, 0.5) is 0 Å². The SMILES string of the molecule is Cc1cc(C)c(-n2ccnc2C2=CCC=CC=C2)c(C)c1. The normalized spacial score (nSPS) is 14.1. The van der Waals surface area contributed by atoms with Gasteiger partial charge in [0.05, 0.1) is 5.69 Å². The molecular weight excluding hydrogens is 256 g/mol. The van der Waals surface area contributed by atoms with Gasteiger partial charge in [0.25, 0.3) is 0 Å². The van der Waals surface area contributed by atoms with Crippen molar-refractivity contribution >= 4 is 5.57 Å². The predicted molar refractivity (Wildman–Crippen MR) is 88.6 cm³/mol. The first kappa shape index (κ1) is 13.6. The Kier molecular flexibility index (Phi) is 3.61. The molecule has 0 unspecified atom stereocenters. The van der Waals surface area contributed by atoms with E-state index in [1.807, 2.05) is 12.4 Å². The van der Waals surface area contributed by atoms with E-state index >= 15 is 0 Å². The maximum atomic E-state index is 4.58. The van der Waals surface area contributed by atoms with Crippen LogP contribution in [0.5, 0.6) is 0 Å². The van der Waals surface area contributed by atoms with Gasteiger partial charge in [0, 0.05) is 18.0 Å². The van der Waals surface area contributed by atoms with Crippen molar-refractivity contribution in [1.29, 1.82) is 0 Å². The molecule has 0 atom stereocenters. The lowest BCUT2D eigenvalue weighted by Crippen LogP contribution is -2.04. The molecule has 0 amide bonds. The number of hydrogen-bond donors (Lipinski definition) is 0. The molecule has 1 aliphatic carbocycles. The minimum atomic E-state index is 0.945. The monoisotopic (exact) mass is 276 g/mol. The van der Waals surface area contributed by atoms with E-state index in [0.717, 1.165) is 12.2 Å². The topological polar surface area (TPSA) is 17.8 Å². The molecule has 0 N–H and O–H groups in total. The average molecular weight is 276 g/mol. The van der Waals surface area contributed by atoms with E-state index in [2.05, 4.69) is 72.8 Å². The molecule has 0 radical (unpaired) electrons. The second-order valence-electron chi connectivity index (χ2n) is 5.55. The second kappa shape index (κ2) is 5.57. The second-order valence-corrected chi connectivity index (χ2v) is 5.55. The molecule has 2 aromatic rings. The number of rotatable bonds is 2. The van der Waals surface area contributed by atoms with Crippen molar-refractivity contribution in [3.05, 3.63) is 77.4 Å². The van der Waals surface area contributed by atoms with Crippen LogP contribution in [0.25, 0.3) is 11.3 Å². The summed E-state index contributed by atoms with van der Waals surface area (Å²) in [5.41, 5.74) is 6.27. The zero-order valence-corrected chi connectivity index (χ0v) is 12.8. The third kappa shape index (κ3) is 2.62. The molecule has 0 aliphatic heterocycles. The molecule has 1 heterocycles. The smallest absolute Gasteiger partial charge is 0.144 e. The highest BCUT2D eigenvalue weighted by Gasteiger charge is 2.12. The fraction of sp³-hybridized carbons (Fsp3) is 0.211. The maximum Gasteiger partial charge on any atom is 0.144 e. The first-order valence-corrected chi connectivity index (χ1v) is 7.32. The van der Waals surface area contributed by atoms with Crippen LogP contribution < -0.4 is 0 Å². The van der Waals surface area contributed by atoms with Gasteiger partial charge in [0.2, 0.25) is 0 Å². The van der Waals surface area contributed by atoms with E-state index in [1.54, 1.807) is 0 Å². The van der Waals surface area contributed by atoms with Crippen LogP contribution in [-0.2, 0) is 0 Å². The Morgan fingerprint density at radius 1 is 1.05 bits per heavy atom. The summed E-state index contributed by atoms with van der Waals surface area (Å²) >= 11 is 0. The van der Waals surface area contributed by atoms with Crippen molar-refractivity contribution in [3.63, 3.8) is 0 Å². The van der Waals surface area contributed by atoms with Crippen molar-refractivity contribution in [1.82, 2.24) is 9.55 Å². The van der Waals surface area contributed by atoms with Gasteiger partial charge in [-0.15, -0.1) is 0 Å². The quantitative estimate of drug-likeness (QED) is 0.777. The molecule has 1 aliphatic rings. The van der Waals surface area contributed by atoms with Crippen molar-refractivity contribution in [2.45, 2.75) is 27.2 Å². The van der Waals surface area contributed by atoms with Gasteiger partial charge in [-0.3, -0.25) is 4.57 Å². The Hall–Kier alpha value is -2.35. The van der Waals surface area contributed by atoms with Crippen molar-refractivity contribution in [3.8, 4) is 5.69 Å². The molecule has 0 spiro atoms. The molecule has 0 fully saturated rings. The number of allylic oxidation sites excluding steroid dienone is 6. The van der Waals surface area contributed by atoms with Crippen molar-refractivity contribution < 1.29 is 0 Å². The first-order valence-electron chi connectivity index (χ1n) is 7.32. The van der Waals surface area contributed by atoms with Crippen LogP contribution in [0.2, 0.25) is 0 Å². The molecule has 0 saturated heterocycles. The number of aromatic nitrogens is 2. The van der Waals surface area contributed by atoms with E-state index in [-0.39, 0.29) is 0 Å². The largest absolute Gasteiger partial charge is 0.299 e. The lowest BCUT2D eigenvalue weighted by Gasteiger charge is -2.15. The molecule has 1 aromatic heterocycles. The van der Waals surface area contributed by atoms with Crippen LogP contribution in [-0.4, -0.2) is 9.55 Å². The Bertz CT molecular complexity index is 735. The molecule has 2 heteroatoms. The fourth-order valence-corrected chi connectivity index (χ4v) is 3.00. The number of aryl methyl sites for hydroxylation is 3. The van der Waals surface area contributed by atoms with Gasteiger partial charge in [-0.05, 0) is 38.3 Å². The molecule has 21 heavy (non-hydrogen) atoms. The summed E-state index contributed by atoms with van der Waals surface area (Å²) in [5.74, 6) is 1.00. The van der Waals surface area contributed by atoms with Gasteiger partial charge in [0.1, 0.15) is 5.82 Å². The summed E-state index contributed by atoms with van der Waals surface area (Å²) in [4.78, 5) is 4.58. The number of imidazole rings is 1. The number of hydrogen-bond acceptors (Lipinski definition) is 1. The lowest BCUT2D eigenvalue weighted by molar-refractivity contribution is 0.993. The molecule has 0 saturated carbocycles. The number of nitrogens with zero attached hydrogens (tertiary/aromatic N) is 2. The van der Waals surface area contributed by atoms with Crippen molar-refractivity contribution in [2.24, 2.45) is 0 Å². The third-order valence-corrected chi connectivity index (χ3v) is 3.77. The molecule has 0 bridgehead atoms. The van der Waals surface area contributed by atoms with Gasteiger partial charge >= 0.3 is 0 Å². The molecule has 1 aromatic carbocycles. The Labute approximate surface area is 126 Å². The summed E-state index contributed by atoms with van der Waals surface area (Å²) in [6, 6.07) is 4.45. The highest BCUT2D eigenvalue weighted by atomic mass is 15.1. The number of benzene rings is 1. The Morgan fingerprint density at radius 2 is 1.81 bits per heavy atom. The van der Waals surface area contributed by atoms with Crippen molar-refractivity contribution in [2.75, 3.05) is 0 Å². The maximum absolute atomic E-state index is 4.58. The molecule has 3 rings (SSSR count). The van der Waals surface area contributed by atoms with Gasteiger partial charge in [0.15, 0.2) is 0 Å². The minimum absolute atomic E-state index is 0.945. The third-order valence-electron chi connectivity index (χ3n) is 3.77. The average Bonchev–Trinajstić information content (AvgIpc) is 2.72. The van der Waals surface area contributed by atoms with Gasteiger partial charge in [-0.1, -0.05) is 48.1 Å². The standard InChI is InChI=1S/C19H20N2/c1-14-12-15(2)18(16(3)13-14)21-11-10-20-19(21)17-8-6-4-5-7-9-17/h4-6,8-13H,7H2,1-3H3.